The number of halogens is 2. The Morgan fingerprint density at radius 3 is 2.37 bits per heavy atom. The Morgan fingerprint density at radius 1 is 1.05 bits per heavy atom. The predicted octanol–water partition coefficient (Wildman–Crippen LogP) is 4.61. The van der Waals surface area contributed by atoms with Gasteiger partial charge in [0.05, 0.1) is 11.6 Å². The Morgan fingerprint density at radius 2 is 1.79 bits per heavy atom. The molecule has 19 heavy (non-hydrogen) atoms. The van der Waals surface area contributed by atoms with Gasteiger partial charge >= 0.3 is 0 Å². The quantitative estimate of drug-likeness (QED) is 0.835. The molecule has 0 aromatic heterocycles. The molecule has 0 aliphatic carbocycles. The molecular formula is C15H14Br2O2. The number of benzene rings is 2. The SMILES string of the molecule is COc1ccc(C(O)c2ccc(C)cc2Br)cc1Br. The lowest BCUT2D eigenvalue weighted by Crippen LogP contribution is -2.01. The summed E-state index contributed by atoms with van der Waals surface area (Å²) in [6.07, 6.45) is -0.669. The number of hydrogen-bond donors (Lipinski definition) is 1. The molecule has 0 heterocycles. The minimum Gasteiger partial charge on any atom is -0.496 e. The van der Waals surface area contributed by atoms with Crippen LogP contribution in [0.2, 0.25) is 0 Å². The first-order chi connectivity index (χ1) is 9.02. The molecule has 100 valence electrons. The van der Waals surface area contributed by atoms with Gasteiger partial charge in [0, 0.05) is 4.47 Å². The van der Waals surface area contributed by atoms with Gasteiger partial charge in [-0.3, -0.25) is 0 Å². The van der Waals surface area contributed by atoms with Crippen LogP contribution >= 0.6 is 31.9 Å². The van der Waals surface area contributed by atoms with Gasteiger partial charge in [0.25, 0.3) is 0 Å². The van der Waals surface area contributed by atoms with E-state index in [9.17, 15) is 5.11 Å². The normalized spacial score (nSPS) is 12.3. The molecular weight excluding hydrogens is 372 g/mol. The second-order valence-corrected chi connectivity index (χ2v) is 6.03. The molecule has 0 saturated carbocycles. The van der Waals surface area contributed by atoms with E-state index in [0.29, 0.717) is 0 Å². The third-order valence-corrected chi connectivity index (χ3v) is 4.25. The van der Waals surface area contributed by atoms with Crippen LogP contribution in [0.5, 0.6) is 5.75 Å². The molecule has 0 amide bonds. The first-order valence-electron chi connectivity index (χ1n) is 5.80. The van der Waals surface area contributed by atoms with Gasteiger partial charge in [-0.05, 0) is 57.7 Å². The van der Waals surface area contributed by atoms with Gasteiger partial charge in [-0.2, -0.15) is 0 Å². The lowest BCUT2D eigenvalue weighted by molar-refractivity contribution is 0.219. The van der Waals surface area contributed by atoms with E-state index in [2.05, 4.69) is 31.9 Å². The highest BCUT2D eigenvalue weighted by Crippen LogP contribution is 2.33. The number of aryl methyl sites for hydroxylation is 1. The fraction of sp³-hybridized carbons (Fsp3) is 0.200. The average molecular weight is 386 g/mol. The van der Waals surface area contributed by atoms with Gasteiger partial charge < -0.3 is 9.84 Å². The molecule has 0 saturated heterocycles. The molecule has 2 nitrogen and oxygen atoms in total. The van der Waals surface area contributed by atoms with Gasteiger partial charge in [0.2, 0.25) is 0 Å². The van der Waals surface area contributed by atoms with Crippen molar-refractivity contribution in [3.8, 4) is 5.75 Å². The minimum atomic E-state index is -0.669. The Hall–Kier alpha value is -0.840. The summed E-state index contributed by atoms with van der Waals surface area (Å²) in [5.74, 6) is 0.749. The van der Waals surface area contributed by atoms with E-state index in [0.717, 1.165) is 31.4 Å². The van der Waals surface area contributed by atoms with E-state index in [1.165, 1.54) is 0 Å². The van der Waals surface area contributed by atoms with Crippen molar-refractivity contribution in [2.75, 3.05) is 7.11 Å². The maximum atomic E-state index is 10.5. The molecule has 4 heteroatoms. The molecule has 1 atom stereocenters. The van der Waals surface area contributed by atoms with Crippen LogP contribution in [-0.4, -0.2) is 12.2 Å². The standard InChI is InChI=1S/C15H14Br2O2/c1-9-3-5-11(12(16)7-9)15(18)10-4-6-14(19-2)13(17)8-10/h3-8,15,18H,1-2H3. The second-order valence-electron chi connectivity index (χ2n) is 4.32. The zero-order chi connectivity index (χ0) is 14.0. The van der Waals surface area contributed by atoms with Gasteiger partial charge in [0.15, 0.2) is 0 Å². The molecule has 0 aliphatic heterocycles. The van der Waals surface area contributed by atoms with Crippen molar-refractivity contribution >= 4 is 31.9 Å². The van der Waals surface area contributed by atoms with E-state index >= 15 is 0 Å². The monoisotopic (exact) mass is 384 g/mol. The number of ether oxygens (including phenoxy) is 1. The molecule has 2 aromatic carbocycles. The van der Waals surface area contributed by atoms with Crippen LogP contribution in [0.1, 0.15) is 22.8 Å². The zero-order valence-corrected chi connectivity index (χ0v) is 13.8. The molecule has 1 unspecified atom stereocenters. The van der Waals surface area contributed by atoms with Crippen LogP contribution in [0.3, 0.4) is 0 Å². The summed E-state index contributed by atoms with van der Waals surface area (Å²) in [7, 11) is 1.62. The molecule has 0 bridgehead atoms. The maximum absolute atomic E-state index is 10.5. The molecule has 1 N–H and O–H groups in total. The topological polar surface area (TPSA) is 29.5 Å². The van der Waals surface area contributed by atoms with Crippen LogP contribution in [-0.2, 0) is 0 Å². The molecule has 2 rings (SSSR count). The van der Waals surface area contributed by atoms with Crippen molar-refractivity contribution in [1.29, 1.82) is 0 Å². The summed E-state index contributed by atoms with van der Waals surface area (Å²) in [5.41, 5.74) is 2.82. The fourth-order valence-electron chi connectivity index (χ4n) is 1.89. The fourth-order valence-corrected chi connectivity index (χ4v) is 3.15. The summed E-state index contributed by atoms with van der Waals surface area (Å²) in [6.45, 7) is 2.02. The Balaban J connectivity index is 2.38. The maximum Gasteiger partial charge on any atom is 0.133 e. The van der Waals surface area contributed by atoms with Crippen molar-refractivity contribution < 1.29 is 9.84 Å². The first-order valence-corrected chi connectivity index (χ1v) is 7.39. The zero-order valence-electron chi connectivity index (χ0n) is 10.7. The number of hydrogen-bond acceptors (Lipinski definition) is 2. The Bertz CT molecular complexity index is 597. The average Bonchev–Trinajstić information content (AvgIpc) is 2.38. The predicted molar refractivity (Wildman–Crippen MR) is 83.6 cm³/mol. The molecule has 0 fully saturated rings. The number of rotatable bonds is 3. The van der Waals surface area contributed by atoms with Gasteiger partial charge in [-0.1, -0.05) is 34.1 Å². The Labute approximate surface area is 129 Å². The molecule has 0 spiro atoms. The van der Waals surface area contributed by atoms with Crippen molar-refractivity contribution in [3.63, 3.8) is 0 Å². The second kappa shape index (κ2) is 6.07. The van der Waals surface area contributed by atoms with E-state index in [1.807, 2.05) is 43.3 Å². The highest BCUT2D eigenvalue weighted by Gasteiger charge is 2.15. The van der Waals surface area contributed by atoms with E-state index in [4.69, 9.17) is 4.74 Å². The molecule has 2 aromatic rings. The summed E-state index contributed by atoms with van der Waals surface area (Å²) < 4.78 is 6.92. The minimum absolute atomic E-state index is 0.669. The number of methoxy groups -OCH3 is 1. The van der Waals surface area contributed by atoms with E-state index < -0.39 is 6.10 Å². The highest BCUT2D eigenvalue weighted by molar-refractivity contribution is 9.10. The summed E-state index contributed by atoms with van der Waals surface area (Å²) in [6, 6.07) is 11.5. The highest BCUT2D eigenvalue weighted by atomic mass is 79.9. The van der Waals surface area contributed by atoms with Gasteiger partial charge in [-0.15, -0.1) is 0 Å². The van der Waals surface area contributed by atoms with Crippen molar-refractivity contribution in [2.45, 2.75) is 13.0 Å². The third kappa shape index (κ3) is 3.19. The molecule has 0 radical (unpaired) electrons. The van der Waals surface area contributed by atoms with Crippen LogP contribution in [0.4, 0.5) is 0 Å². The lowest BCUT2D eigenvalue weighted by Gasteiger charge is -2.15. The smallest absolute Gasteiger partial charge is 0.133 e. The van der Waals surface area contributed by atoms with E-state index in [-0.39, 0.29) is 0 Å². The summed E-state index contributed by atoms with van der Waals surface area (Å²) in [4.78, 5) is 0. The first kappa shape index (κ1) is 14.6. The van der Waals surface area contributed by atoms with Crippen molar-refractivity contribution in [1.82, 2.24) is 0 Å². The number of aliphatic hydroxyl groups excluding tert-OH is 1. The third-order valence-electron chi connectivity index (χ3n) is 2.94. The van der Waals surface area contributed by atoms with Crippen molar-refractivity contribution in [2.24, 2.45) is 0 Å². The van der Waals surface area contributed by atoms with Gasteiger partial charge in [0.1, 0.15) is 11.9 Å². The van der Waals surface area contributed by atoms with Crippen LogP contribution < -0.4 is 4.74 Å². The summed E-state index contributed by atoms with van der Waals surface area (Å²) in [5, 5.41) is 10.5. The van der Waals surface area contributed by atoms with Crippen LogP contribution in [0.15, 0.2) is 45.3 Å². The van der Waals surface area contributed by atoms with E-state index in [1.54, 1.807) is 7.11 Å². The van der Waals surface area contributed by atoms with Gasteiger partial charge in [-0.25, -0.2) is 0 Å². The lowest BCUT2D eigenvalue weighted by atomic mass is 10.0. The van der Waals surface area contributed by atoms with Crippen molar-refractivity contribution in [3.05, 3.63) is 62.0 Å². The molecule has 0 aliphatic rings. The Kier molecular flexibility index (Phi) is 4.66. The van der Waals surface area contributed by atoms with Crippen LogP contribution in [0, 0.1) is 6.92 Å². The number of aliphatic hydroxyl groups is 1. The largest absolute Gasteiger partial charge is 0.496 e. The van der Waals surface area contributed by atoms with Crippen LogP contribution in [0.25, 0.3) is 0 Å². The summed E-state index contributed by atoms with van der Waals surface area (Å²) >= 11 is 6.93.